The maximum Gasteiger partial charge on any atom is 0.251 e. The van der Waals surface area contributed by atoms with Gasteiger partial charge in [-0.3, -0.25) is 9.59 Å². The van der Waals surface area contributed by atoms with E-state index in [1.165, 1.54) is 18.2 Å². The molecule has 21 heavy (non-hydrogen) atoms. The molecule has 2 rings (SSSR count). The second kappa shape index (κ2) is 6.24. The number of hydrogen-bond acceptors (Lipinski definition) is 2. The van der Waals surface area contributed by atoms with Crippen LogP contribution in [-0.2, 0) is 4.79 Å². The van der Waals surface area contributed by atoms with E-state index in [4.69, 9.17) is 0 Å². The Morgan fingerprint density at radius 3 is 2.76 bits per heavy atom. The number of amides is 2. The number of carbonyl (C=O) groups excluding carboxylic acids is 2. The number of rotatable bonds is 4. The number of benzene rings is 1. The van der Waals surface area contributed by atoms with Crippen LogP contribution in [0.1, 0.15) is 43.5 Å². The van der Waals surface area contributed by atoms with E-state index in [-0.39, 0.29) is 29.5 Å². The fraction of sp³-hybridized carbons (Fsp3) is 0.500. The Morgan fingerprint density at radius 2 is 2.14 bits per heavy atom. The molecule has 0 aromatic heterocycles. The lowest BCUT2D eigenvalue weighted by atomic mass is 9.92. The molecule has 1 aliphatic rings. The van der Waals surface area contributed by atoms with Crippen molar-refractivity contribution in [3.63, 3.8) is 0 Å². The highest BCUT2D eigenvalue weighted by Crippen LogP contribution is 2.36. The van der Waals surface area contributed by atoms with E-state index >= 15 is 0 Å². The van der Waals surface area contributed by atoms with Gasteiger partial charge in [0.05, 0.1) is 6.54 Å². The van der Waals surface area contributed by atoms with Crippen molar-refractivity contribution in [2.75, 3.05) is 6.54 Å². The fourth-order valence-electron chi connectivity index (χ4n) is 2.73. The first-order chi connectivity index (χ1) is 9.85. The molecule has 0 aliphatic heterocycles. The van der Waals surface area contributed by atoms with E-state index in [0.29, 0.717) is 0 Å². The first-order valence-corrected chi connectivity index (χ1v) is 7.19. The Kier molecular flexibility index (Phi) is 4.60. The summed E-state index contributed by atoms with van der Waals surface area (Å²) in [6, 6.07) is 5.57. The van der Waals surface area contributed by atoms with Crippen LogP contribution in [0.5, 0.6) is 0 Å². The predicted molar refractivity (Wildman–Crippen MR) is 78.3 cm³/mol. The second-order valence-corrected chi connectivity index (χ2v) is 6.36. The molecule has 114 valence electrons. The molecular formula is C16H21FN2O2. The smallest absolute Gasteiger partial charge is 0.251 e. The summed E-state index contributed by atoms with van der Waals surface area (Å²) in [6.45, 7) is 4.28. The van der Waals surface area contributed by atoms with Crippen molar-refractivity contribution < 1.29 is 14.0 Å². The van der Waals surface area contributed by atoms with Crippen LogP contribution in [0.15, 0.2) is 24.3 Å². The molecule has 0 heterocycles. The molecule has 2 N–H and O–H groups in total. The van der Waals surface area contributed by atoms with Crippen LogP contribution in [0.25, 0.3) is 0 Å². The molecule has 1 aromatic carbocycles. The van der Waals surface area contributed by atoms with Crippen molar-refractivity contribution in [1.82, 2.24) is 10.6 Å². The Morgan fingerprint density at radius 1 is 1.38 bits per heavy atom. The molecule has 1 aliphatic carbocycles. The minimum Gasteiger partial charge on any atom is -0.352 e. The molecule has 1 fully saturated rings. The summed E-state index contributed by atoms with van der Waals surface area (Å²) in [6.07, 6.45) is 3.01. The van der Waals surface area contributed by atoms with Crippen LogP contribution >= 0.6 is 0 Å². The van der Waals surface area contributed by atoms with E-state index < -0.39 is 11.7 Å². The first-order valence-electron chi connectivity index (χ1n) is 7.19. The van der Waals surface area contributed by atoms with Crippen LogP contribution in [0.3, 0.4) is 0 Å². The number of nitrogens with one attached hydrogen (secondary N) is 2. The van der Waals surface area contributed by atoms with E-state index in [0.717, 1.165) is 25.3 Å². The maximum absolute atomic E-state index is 13.0. The lowest BCUT2D eigenvalue weighted by Gasteiger charge is -2.18. The first kappa shape index (κ1) is 15.5. The van der Waals surface area contributed by atoms with Crippen molar-refractivity contribution in [1.29, 1.82) is 0 Å². The number of halogens is 1. The van der Waals surface area contributed by atoms with Gasteiger partial charge in [-0.1, -0.05) is 19.9 Å². The van der Waals surface area contributed by atoms with Gasteiger partial charge in [0.25, 0.3) is 5.91 Å². The lowest BCUT2D eigenvalue weighted by Crippen LogP contribution is -2.41. The Hall–Kier alpha value is -1.91. The highest BCUT2D eigenvalue weighted by atomic mass is 19.1. The second-order valence-electron chi connectivity index (χ2n) is 6.36. The quantitative estimate of drug-likeness (QED) is 0.894. The van der Waals surface area contributed by atoms with Crippen LogP contribution in [0.4, 0.5) is 4.39 Å². The molecule has 1 atom stereocenters. The van der Waals surface area contributed by atoms with E-state index in [9.17, 15) is 14.0 Å². The average Bonchev–Trinajstić information content (AvgIpc) is 2.75. The number of hydrogen-bond donors (Lipinski definition) is 2. The number of carbonyl (C=O) groups is 2. The summed E-state index contributed by atoms with van der Waals surface area (Å²) < 4.78 is 13.0. The predicted octanol–water partition coefficient (Wildman–Crippen LogP) is 2.25. The molecule has 0 spiro atoms. The standard InChI is InChI=1S/C16H21FN2O2/c1-16(2)7-6-13(9-16)19-14(20)10-18-15(21)11-4-3-5-12(17)8-11/h3-5,8,13H,6-7,9-10H2,1-2H3,(H,18,21)(H,19,20). The van der Waals surface area contributed by atoms with Gasteiger partial charge in [-0.2, -0.15) is 0 Å². The fourth-order valence-corrected chi connectivity index (χ4v) is 2.73. The van der Waals surface area contributed by atoms with Crippen LogP contribution in [0, 0.1) is 11.2 Å². The molecule has 0 bridgehead atoms. The van der Waals surface area contributed by atoms with Crippen LogP contribution in [0.2, 0.25) is 0 Å². The summed E-state index contributed by atoms with van der Waals surface area (Å²) in [7, 11) is 0. The van der Waals surface area contributed by atoms with Gasteiger partial charge in [0.2, 0.25) is 5.91 Å². The minimum atomic E-state index is -0.472. The molecule has 5 heteroatoms. The maximum atomic E-state index is 13.0. The third-order valence-electron chi connectivity index (χ3n) is 3.83. The summed E-state index contributed by atoms with van der Waals surface area (Å²) in [4.78, 5) is 23.6. The largest absolute Gasteiger partial charge is 0.352 e. The van der Waals surface area contributed by atoms with Crippen molar-refractivity contribution in [3.8, 4) is 0 Å². The molecular weight excluding hydrogens is 271 g/mol. The van der Waals surface area contributed by atoms with Crippen molar-refractivity contribution >= 4 is 11.8 Å². The minimum absolute atomic E-state index is 0.0910. The SMILES string of the molecule is CC1(C)CCC(NC(=O)CNC(=O)c2cccc(F)c2)C1. The Balaban J connectivity index is 1.78. The van der Waals surface area contributed by atoms with Gasteiger partial charge in [0.15, 0.2) is 0 Å². The molecule has 2 amide bonds. The summed E-state index contributed by atoms with van der Waals surface area (Å²) in [5, 5.41) is 5.43. The normalized spacial score (nSPS) is 20.0. The third-order valence-corrected chi connectivity index (χ3v) is 3.83. The molecule has 1 aromatic rings. The molecule has 0 radical (unpaired) electrons. The molecule has 1 saturated carbocycles. The van der Waals surface area contributed by atoms with E-state index in [2.05, 4.69) is 24.5 Å². The van der Waals surface area contributed by atoms with E-state index in [1.807, 2.05) is 0 Å². The molecule has 0 saturated heterocycles. The highest BCUT2D eigenvalue weighted by molar-refractivity contribution is 5.96. The zero-order valence-electron chi connectivity index (χ0n) is 12.4. The average molecular weight is 292 g/mol. The van der Waals surface area contributed by atoms with Crippen LogP contribution in [-0.4, -0.2) is 24.4 Å². The van der Waals surface area contributed by atoms with Crippen molar-refractivity contribution in [3.05, 3.63) is 35.6 Å². The van der Waals surface area contributed by atoms with Crippen molar-refractivity contribution in [2.24, 2.45) is 5.41 Å². The molecule has 4 nitrogen and oxygen atoms in total. The Labute approximate surface area is 124 Å². The third kappa shape index (κ3) is 4.55. The zero-order chi connectivity index (χ0) is 15.5. The molecule has 1 unspecified atom stereocenters. The summed E-state index contributed by atoms with van der Waals surface area (Å²) >= 11 is 0. The van der Waals surface area contributed by atoms with Gasteiger partial charge in [-0.05, 0) is 42.9 Å². The van der Waals surface area contributed by atoms with E-state index in [1.54, 1.807) is 0 Å². The topological polar surface area (TPSA) is 58.2 Å². The van der Waals surface area contributed by atoms with Crippen molar-refractivity contribution in [2.45, 2.75) is 39.2 Å². The van der Waals surface area contributed by atoms with Crippen LogP contribution < -0.4 is 10.6 Å². The van der Waals surface area contributed by atoms with Gasteiger partial charge in [0.1, 0.15) is 5.82 Å². The van der Waals surface area contributed by atoms with Gasteiger partial charge in [-0.15, -0.1) is 0 Å². The van der Waals surface area contributed by atoms with Gasteiger partial charge in [0, 0.05) is 11.6 Å². The van der Waals surface area contributed by atoms with Gasteiger partial charge >= 0.3 is 0 Å². The summed E-state index contributed by atoms with van der Waals surface area (Å²) in [5.74, 6) is -1.13. The zero-order valence-corrected chi connectivity index (χ0v) is 12.4. The highest BCUT2D eigenvalue weighted by Gasteiger charge is 2.31. The Bertz CT molecular complexity index is 543. The van der Waals surface area contributed by atoms with Gasteiger partial charge < -0.3 is 10.6 Å². The van der Waals surface area contributed by atoms with Gasteiger partial charge in [-0.25, -0.2) is 4.39 Å². The summed E-state index contributed by atoms with van der Waals surface area (Å²) in [5.41, 5.74) is 0.479. The monoisotopic (exact) mass is 292 g/mol. The lowest BCUT2D eigenvalue weighted by molar-refractivity contribution is -0.120.